The predicted molar refractivity (Wildman–Crippen MR) is 86.7 cm³/mol. The average Bonchev–Trinajstić information content (AvgIpc) is 3.10. The molecule has 3 heteroatoms. The van der Waals surface area contributed by atoms with Crippen LogP contribution in [0.5, 0.6) is 0 Å². The standard InChI is InChI=1S/C18H23BrFN/c19-16-8-13(2-6-17(16)20)10-18(11-21-15-4-5-15)9-12-1-3-14(18)7-12/h2,6,8,12,14-15,21H,1,3-5,7,9-11H2. The minimum absolute atomic E-state index is 0.156. The van der Waals surface area contributed by atoms with Crippen molar-refractivity contribution in [2.75, 3.05) is 6.54 Å². The summed E-state index contributed by atoms with van der Waals surface area (Å²) >= 11 is 3.34. The molecule has 0 saturated heterocycles. The van der Waals surface area contributed by atoms with Gasteiger partial charge in [-0.15, -0.1) is 0 Å². The summed E-state index contributed by atoms with van der Waals surface area (Å²) in [6, 6.07) is 6.35. The van der Waals surface area contributed by atoms with Crippen molar-refractivity contribution in [3.8, 4) is 0 Å². The number of halogens is 2. The number of rotatable bonds is 5. The van der Waals surface area contributed by atoms with Crippen molar-refractivity contribution in [2.45, 2.75) is 51.0 Å². The molecule has 3 aliphatic rings. The van der Waals surface area contributed by atoms with Gasteiger partial charge in [0.2, 0.25) is 0 Å². The first-order valence-corrected chi connectivity index (χ1v) is 9.11. The first-order chi connectivity index (χ1) is 10.1. The lowest BCUT2D eigenvalue weighted by atomic mass is 9.69. The van der Waals surface area contributed by atoms with Crippen molar-refractivity contribution in [2.24, 2.45) is 17.3 Å². The quantitative estimate of drug-likeness (QED) is 0.811. The van der Waals surface area contributed by atoms with E-state index in [9.17, 15) is 4.39 Å². The molecule has 0 aromatic heterocycles. The SMILES string of the molecule is Fc1ccc(CC2(CNC3CC3)CC3CCC2C3)cc1Br. The minimum atomic E-state index is -0.156. The zero-order valence-electron chi connectivity index (χ0n) is 12.4. The van der Waals surface area contributed by atoms with Gasteiger partial charge in [0.1, 0.15) is 5.82 Å². The molecule has 114 valence electrons. The molecule has 0 heterocycles. The molecule has 4 rings (SSSR count). The fraction of sp³-hybridized carbons (Fsp3) is 0.667. The van der Waals surface area contributed by atoms with Crippen LogP contribution in [-0.2, 0) is 6.42 Å². The Balaban J connectivity index is 1.55. The topological polar surface area (TPSA) is 12.0 Å². The van der Waals surface area contributed by atoms with E-state index < -0.39 is 0 Å². The summed E-state index contributed by atoms with van der Waals surface area (Å²) in [7, 11) is 0. The smallest absolute Gasteiger partial charge is 0.137 e. The molecule has 0 amide bonds. The lowest BCUT2D eigenvalue weighted by Crippen LogP contribution is -2.41. The highest BCUT2D eigenvalue weighted by Crippen LogP contribution is 2.57. The number of benzene rings is 1. The van der Waals surface area contributed by atoms with Gasteiger partial charge in [-0.1, -0.05) is 12.5 Å². The van der Waals surface area contributed by atoms with Gasteiger partial charge in [-0.2, -0.15) is 0 Å². The third-order valence-electron chi connectivity index (χ3n) is 5.96. The van der Waals surface area contributed by atoms with E-state index in [2.05, 4.69) is 21.2 Å². The summed E-state index contributed by atoms with van der Waals surface area (Å²) in [4.78, 5) is 0. The Kier molecular flexibility index (Phi) is 3.61. The van der Waals surface area contributed by atoms with Crippen LogP contribution in [0.25, 0.3) is 0 Å². The van der Waals surface area contributed by atoms with Crippen molar-refractivity contribution in [3.05, 3.63) is 34.1 Å². The Bertz CT molecular complexity index is 542. The molecular formula is C18H23BrFN. The summed E-state index contributed by atoms with van der Waals surface area (Å²) in [5.74, 6) is 1.66. The van der Waals surface area contributed by atoms with E-state index in [1.807, 2.05) is 12.1 Å². The molecule has 0 spiro atoms. The normalized spacial score (nSPS) is 34.6. The summed E-state index contributed by atoms with van der Waals surface area (Å²) in [6.45, 7) is 1.16. The van der Waals surface area contributed by atoms with E-state index in [0.29, 0.717) is 9.89 Å². The van der Waals surface area contributed by atoms with Crippen molar-refractivity contribution < 1.29 is 4.39 Å². The maximum Gasteiger partial charge on any atom is 0.137 e. The van der Waals surface area contributed by atoms with E-state index in [0.717, 1.165) is 30.8 Å². The molecule has 3 atom stereocenters. The third kappa shape index (κ3) is 2.79. The van der Waals surface area contributed by atoms with Crippen LogP contribution in [0.1, 0.15) is 44.1 Å². The van der Waals surface area contributed by atoms with Crippen LogP contribution in [0.4, 0.5) is 4.39 Å². The molecule has 21 heavy (non-hydrogen) atoms. The monoisotopic (exact) mass is 351 g/mol. The zero-order chi connectivity index (χ0) is 14.4. The second kappa shape index (κ2) is 5.34. The number of fused-ring (bicyclic) bond motifs is 2. The highest BCUT2D eigenvalue weighted by atomic mass is 79.9. The summed E-state index contributed by atoms with van der Waals surface area (Å²) < 4.78 is 14.1. The number of hydrogen-bond donors (Lipinski definition) is 1. The van der Waals surface area contributed by atoms with E-state index in [4.69, 9.17) is 0 Å². The minimum Gasteiger partial charge on any atom is -0.313 e. The lowest BCUT2D eigenvalue weighted by Gasteiger charge is -2.38. The Morgan fingerprint density at radius 1 is 1.24 bits per heavy atom. The van der Waals surface area contributed by atoms with Gasteiger partial charge >= 0.3 is 0 Å². The van der Waals surface area contributed by atoms with Gasteiger partial charge in [0.25, 0.3) is 0 Å². The van der Waals surface area contributed by atoms with Crippen LogP contribution in [0.2, 0.25) is 0 Å². The maximum atomic E-state index is 13.5. The Morgan fingerprint density at radius 3 is 2.71 bits per heavy atom. The molecule has 1 aromatic carbocycles. The van der Waals surface area contributed by atoms with Gasteiger partial charge in [0.15, 0.2) is 0 Å². The third-order valence-corrected chi connectivity index (χ3v) is 6.57. The summed E-state index contributed by atoms with van der Waals surface area (Å²) in [6.07, 6.45) is 9.44. The first-order valence-electron chi connectivity index (χ1n) is 8.32. The van der Waals surface area contributed by atoms with Crippen molar-refractivity contribution in [1.29, 1.82) is 0 Å². The van der Waals surface area contributed by atoms with Crippen LogP contribution in [0.15, 0.2) is 22.7 Å². The van der Waals surface area contributed by atoms with Gasteiger partial charge < -0.3 is 5.32 Å². The van der Waals surface area contributed by atoms with Gasteiger partial charge in [0, 0.05) is 12.6 Å². The van der Waals surface area contributed by atoms with E-state index >= 15 is 0 Å². The molecule has 3 fully saturated rings. The summed E-state index contributed by atoms with van der Waals surface area (Å²) in [5, 5.41) is 3.78. The molecule has 0 radical (unpaired) electrons. The molecular weight excluding hydrogens is 329 g/mol. The molecule has 1 aromatic rings. The molecule has 3 aliphatic carbocycles. The van der Waals surface area contributed by atoms with Crippen molar-refractivity contribution in [1.82, 2.24) is 5.32 Å². The molecule has 1 N–H and O–H groups in total. The molecule has 3 unspecified atom stereocenters. The van der Waals surface area contributed by atoms with Gasteiger partial charge in [-0.25, -0.2) is 4.39 Å². The average molecular weight is 352 g/mol. The number of nitrogens with one attached hydrogen (secondary N) is 1. The van der Waals surface area contributed by atoms with E-state index in [1.165, 1.54) is 44.1 Å². The molecule has 3 saturated carbocycles. The van der Waals surface area contributed by atoms with Gasteiger partial charge in [0.05, 0.1) is 4.47 Å². The van der Waals surface area contributed by atoms with E-state index in [1.54, 1.807) is 6.07 Å². The fourth-order valence-electron chi connectivity index (χ4n) is 4.74. The lowest BCUT2D eigenvalue weighted by molar-refractivity contribution is 0.155. The van der Waals surface area contributed by atoms with Crippen LogP contribution in [0.3, 0.4) is 0 Å². The second-order valence-corrected chi connectivity index (χ2v) is 8.38. The molecule has 0 aliphatic heterocycles. The van der Waals surface area contributed by atoms with Crippen LogP contribution < -0.4 is 5.32 Å². The molecule has 1 nitrogen and oxygen atoms in total. The Labute approximate surface area is 134 Å². The highest BCUT2D eigenvalue weighted by Gasteiger charge is 2.50. The molecule has 2 bridgehead atoms. The van der Waals surface area contributed by atoms with Crippen LogP contribution in [0, 0.1) is 23.1 Å². The van der Waals surface area contributed by atoms with Gasteiger partial charge in [-0.05, 0) is 89.4 Å². The summed E-state index contributed by atoms with van der Waals surface area (Å²) in [5.41, 5.74) is 1.70. The van der Waals surface area contributed by atoms with Crippen LogP contribution >= 0.6 is 15.9 Å². The van der Waals surface area contributed by atoms with Crippen molar-refractivity contribution >= 4 is 15.9 Å². The van der Waals surface area contributed by atoms with Crippen LogP contribution in [-0.4, -0.2) is 12.6 Å². The van der Waals surface area contributed by atoms with E-state index in [-0.39, 0.29) is 5.82 Å². The predicted octanol–water partition coefficient (Wildman–Crippen LogP) is 4.69. The number of hydrogen-bond acceptors (Lipinski definition) is 1. The van der Waals surface area contributed by atoms with Gasteiger partial charge in [-0.3, -0.25) is 0 Å². The van der Waals surface area contributed by atoms with Crippen molar-refractivity contribution in [3.63, 3.8) is 0 Å². The largest absolute Gasteiger partial charge is 0.313 e. The Hall–Kier alpha value is -0.410. The highest BCUT2D eigenvalue weighted by molar-refractivity contribution is 9.10. The first kappa shape index (κ1) is 14.2. The zero-order valence-corrected chi connectivity index (χ0v) is 14.0. The Morgan fingerprint density at radius 2 is 2.10 bits per heavy atom. The second-order valence-electron chi connectivity index (χ2n) is 7.52. The fourth-order valence-corrected chi connectivity index (χ4v) is 5.17. The maximum absolute atomic E-state index is 13.5.